The number of cyclic esters (lactones) is 1. The number of carbonyl (C=O) groups excluding carboxylic acids is 1. The van der Waals surface area contributed by atoms with Gasteiger partial charge in [0.05, 0.1) is 44.3 Å². The molecule has 0 radical (unpaired) electrons. The molecule has 0 amide bonds. The molecule has 0 saturated carbocycles. The summed E-state index contributed by atoms with van der Waals surface area (Å²) in [4.78, 5) is 13.4. The lowest BCUT2D eigenvalue weighted by atomic mass is 9.69. The Morgan fingerprint density at radius 3 is 2.21 bits per heavy atom. The minimum atomic E-state index is -3.93. The van der Waals surface area contributed by atoms with Crippen molar-refractivity contribution in [3.05, 3.63) is 83.6 Å². The molecule has 3 aromatic carbocycles. The summed E-state index contributed by atoms with van der Waals surface area (Å²) in [6.45, 7) is 0.233. The molecule has 3 atom stereocenters. The zero-order chi connectivity index (χ0) is 26.6. The molecule has 8 nitrogen and oxygen atoms in total. The van der Waals surface area contributed by atoms with Crippen molar-refractivity contribution >= 4 is 26.9 Å². The molecule has 0 unspecified atom stereocenters. The van der Waals surface area contributed by atoms with Gasteiger partial charge in [-0.05, 0) is 47.9 Å². The fourth-order valence-corrected chi connectivity index (χ4v) is 7.65. The molecule has 4 aromatic rings. The van der Waals surface area contributed by atoms with Crippen LogP contribution in [0.5, 0.6) is 17.2 Å². The van der Waals surface area contributed by atoms with Gasteiger partial charge in [0.1, 0.15) is 0 Å². The molecule has 196 valence electrons. The van der Waals surface area contributed by atoms with E-state index >= 15 is 0 Å². The van der Waals surface area contributed by atoms with Crippen molar-refractivity contribution in [2.24, 2.45) is 11.8 Å². The maximum atomic E-state index is 14.1. The Bertz CT molecular complexity index is 1630. The van der Waals surface area contributed by atoms with Crippen LogP contribution in [0.2, 0.25) is 0 Å². The first kappa shape index (κ1) is 24.4. The van der Waals surface area contributed by atoms with Crippen LogP contribution in [0.3, 0.4) is 0 Å². The first-order valence-corrected chi connectivity index (χ1v) is 13.7. The van der Waals surface area contributed by atoms with Gasteiger partial charge in [0.25, 0.3) is 10.0 Å². The zero-order valence-corrected chi connectivity index (χ0v) is 22.0. The molecule has 6 rings (SSSR count). The van der Waals surface area contributed by atoms with E-state index in [0.29, 0.717) is 34.9 Å². The van der Waals surface area contributed by atoms with Gasteiger partial charge in [-0.25, -0.2) is 12.4 Å². The normalized spacial score (nSPS) is 20.5. The molecule has 1 aromatic heterocycles. The van der Waals surface area contributed by atoms with Crippen LogP contribution in [-0.2, 0) is 26.0 Å². The van der Waals surface area contributed by atoms with E-state index in [0.717, 1.165) is 16.5 Å². The molecule has 2 heterocycles. The number of hydrogen-bond acceptors (Lipinski definition) is 7. The van der Waals surface area contributed by atoms with E-state index in [1.807, 2.05) is 36.4 Å². The summed E-state index contributed by atoms with van der Waals surface area (Å²) >= 11 is 0. The molecule has 38 heavy (non-hydrogen) atoms. The predicted molar refractivity (Wildman–Crippen MR) is 141 cm³/mol. The standard InChI is InChI=1S/C29H27NO7S/c1-34-23-14-17(15-24(35-2)28(23)36-3)25-26-18(16-37-29(26)31)13-22-27(25)20-11-7-8-12-21(20)30(22)38(32,33)19-9-5-4-6-10-19/h4-12,14-15,18,25-26H,13,16H2,1-3H3/t18-,25-,26-/m0/s1. The van der Waals surface area contributed by atoms with Crippen molar-refractivity contribution in [1.29, 1.82) is 0 Å². The van der Waals surface area contributed by atoms with Crippen LogP contribution in [0.25, 0.3) is 10.9 Å². The lowest BCUT2D eigenvalue weighted by Crippen LogP contribution is -2.33. The van der Waals surface area contributed by atoms with E-state index in [1.165, 1.54) is 25.3 Å². The average molecular weight is 534 g/mol. The number of para-hydroxylation sites is 1. The molecule has 2 aliphatic rings. The Hall–Kier alpha value is -3.98. The van der Waals surface area contributed by atoms with Crippen LogP contribution in [0.4, 0.5) is 0 Å². The smallest absolute Gasteiger partial charge is 0.310 e. The SMILES string of the molecule is COc1cc([C@@H]2c3c(n(S(=O)(=O)c4ccccc4)c4ccccc34)C[C@H]3COC(=O)[C@@H]32)cc(OC)c1OC. The summed E-state index contributed by atoms with van der Waals surface area (Å²) in [5, 5.41) is 0.777. The number of rotatable bonds is 6. The second-order valence-electron chi connectivity index (χ2n) is 9.52. The van der Waals surface area contributed by atoms with Gasteiger partial charge < -0.3 is 18.9 Å². The van der Waals surface area contributed by atoms with Gasteiger partial charge >= 0.3 is 5.97 Å². The summed E-state index contributed by atoms with van der Waals surface area (Å²) in [6.07, 6.45) is 0.396. The van der Waals surface area contributed by atoms with Gasteiger partial charge in [0.2, 0.25) is 5.75 Å². The second-order valence-corrected chi connectivity index (χ2v) is 11.3. The molecule has 0 bridgehead atoms. The van der Waals surface area contributed by atoms with Crippen LogP contribution in [0.1, 0.15) is 22.7 Å². The van der Waals surface area contributed by atoms with Crippen LogP contribution in [0, 0.1) is 11.8 Å². The van der Waals surface area contributed by atoms with Gasteiger partial charge in [0, 0.05) is 22.9 Å². The Balaban J connectivity index is 1.68. The van der Waals surface area contributed by atoms with Crippen LogP contribution in [-0.4, -0.2) is 46.3 Å². The van der Waals surface area contributed by atoms with E-state index in [4.69, 9.17) is 18.9 Å². The molecular formula is C29H27NO7S. The van der Waals surface area contributed by atoms with Gasteiger partial charge in [-0.15, -0.1) is 0 Å². The van der Waals surface area contributed by atoms with Crippen LogP contribution < -0.4 is 14.2 Å². The van der Waals surface area contributed by atoms with Crippen molar-refractivity contribution in [2.75, 3.05) is 27.9 Å². The van der Waals surface area contributed by atoms with E-state index in [2.05, 4.69) is 0 Å². The van der Waals surface area contributed by atoms with Gasteiger partial charge in [-0.1, -0.05) is 36.4 Å². The lowest BCUT2D eigenvalue weighted by Gasteiger charge is -2.33. The Morgan fingerprint density at radius 2 is 1.55 bits per heavy atom. The Morgan fingerprint density at radius 1 is 0.895 bits per heavy atom. The summed E-state index contributed by atoms with van der Waals surface area (Å²) < 4.78 is 51.9. The Kier molecular flexibility index (Phi) is 5.83. The zero-order valence-electron chi connectivity index (χ0n) is 21.2. The van der Waals surface area contributed by atoms with Crippen molar-refractivity contribution in [3.63, 3.8) is 0 Å². The number of hydrogen-bond donors (Lipinski definition) is 0. The summed E-state index contributed by atoms with van der Waals surface area (Å²) in [5.74, 6) is -0.0895. The minimum Gasteiger partial charge on any atom is -0.493 e. The number of esters is 1. The molecule has 1 aliphatic heterocycles. The predicted octanol–water partition coefficient (Wildman–Crippen LogP) is 4.38. The van der Waals surface area contributed by atoms with E-state index in [-0.39, 0.29) is 23.4 Å². The third-order valence-electron chi connectivity index (χ3n) is 7.64. The third kappa shape index (κ3) is 3.49. The van der Waals surface area contributed by atoms with Crippen LogP contribution >= 0.6 is 0 Å². The number of carbonyl (C=O) groups is 1. The minimum absolute atomic E-state index is 0.187. The number of fused-ring (bicyclic) bond motifs is 4. The quantitative estimate of drug-likeness (QED) is 0.340. The highest BCUT2D eigenvalue weighted by Gasteiger charge is 2.50. The van der Waals surface area contributed by atoms with Crippen molar-refractivity contribution < 1.29 is 32.2 Å². The third-order valence-corrected chi connectivity index (χ3v) is 9.41. The van der Waals surface area contributed by atoms with Gasteiger partial charge in [0.15, 0.2) is 11.5 Å². The molecule has 1 aliphatic carbocycles. The highest BCUT2D eigenvalue weighted by molar-refractivity contribution is 7.90. The summed E-state index contributed by atoms with van der Waals surface area (Å²) in [6, 6.07) is 19.5. The monoisotopic (exact) mass is 533 g/mol. The topological polar surface area (TPSA) is 93.1 Å². The maximum Gasteiger partial charge on any atom is 0.310 e. The Labute approximate surface area is 220 Å². The van der Waals surface area contributed by atoms with Gasteiger partial charge in [-0.3, -0.25) is 4.79 Å². The first-order chi connectivity index (χ1) is 18.4. The largest absolute Gasteiger partial charge is 0.493 e. The van der Waals surface area contributed by atoms with Crippen molar-refractivity contribution in [3.8, 4) is 17.2 Å². The molecular weight excluding hydrogens is 506 g/mol. The molecule has 1 saturated heterocycles. The van der Waals surface area contributed by atoms with E-state index < -0.39 is 21.9 Å². The fraction of sp³-hybridized carbons (Fsp3) is 0.276. The fourth-order valence-electron chi connectivity index (χ4n) is 6.06. The van der Waals surface area contributed by atoms with Gasteiger partial charge in [-0.2, -0.15) is 0 Å². The van der Waals surface area contributed by atoms with Crippen LogP contribution in [0.15, 0.2) is 71.6 Å². The molecule has 0 spiro atoms. The van der Waals surface area contributed by atoms with Crippen molar-refractivity contribution in [2.45, 2.75) is 17.2 Å². The van der Waals surface area contributed by atoms with Crippen molar-refractivity contribution in [1.82, 2.24) is 3.97 Å². The molecule has 1 fully saturated rings. The average Bonchev–Trinajstić information content (AvgIpc) is 3.49. The number of methoxy groups -OCH3 is 3. The first-order valence-electron chi connectivity index (χ1n) is 12.3. The maximum absolute atomic E-state index is 14.1. The number of benzene rings is 3. The highest BCUT2D eigenvalue weighted by atomic mass is 32.2. The van der Waals surface area contributed by atoms with E-state index in [9.17, 15) is 13.2 Å². The molecule has 9 heteroatoms. The second kappa shape index (κ2) is 9.09. The van der Waals surface area contributed by atoms with E-state index in [1.54, 1.807) is 30.3 Å². The number of ether oxygens (including phenoxy) is 4. The summed E-state index contributed by atoms with van der Waals surface area (Å²) in [7, 11) is 0.687. The lowest BCUT2D eigenvalue weighted by molar-refractivity contribution is -0.141. The summed E-state index contributed by atoms with van der Waals surface area (Å²) in [5.41, 5.74) is 2.80. The molecule has 0 N–H and O–H groups in total. The number of aromatic nitrogens is 1. The number of nitrogens with zero attached hydrogens (tertiary/aromatic N) is 1. The highest BCUT2D eigenvalue weighted by Crippen LogP contribution is 2.53.